The highest BCUT2D eigenvalue weighted by atomic mass is 16.5. The zero-order valence-electron chi connectivity index (χ0n) is 20.9. The van der Waals surface area contributed by atoms with E-state index in [1.807, 2.05) is 12.3 Å². The van der Waals surface area contributed by atoms with E-state index in [1.54, 1.807) is 0 Å². The number of ether oxygens (including phenoxy) is 1. The summed E-state index contributed by atoms with van der Waals surface area (Å²) in [4.78, 5) is 4.69. The Hall–Kier alpha value is -2.97. The molecule has 0 aliphatic carbocycles. The van der Waals surface area contributed by atoms with E-state index in [2.05, 4.69) is 93.2 Å². The van der Waals surface area contributed by atoms with Gasteiger partial charge in [-0.1, -0.05) is 92.6 Å². The third-order valence-electron chi connectivity index (χ3n) is 6.08. The zero-order valence-corrected chi connectivity index (χ0v) is 20.9. The Balaban J connectivity index is 1.46. The molecule has 0 radical (unpaired) electrons. The minimum Gasteiger partial charge on any atom is -0.379 e. The average molecular weight is 454 g/mol. The molecule has 2 aromatic carbocycles. The summed E-state index contributed by atoms with van der Waals surface area (Å²) < 4.78 is 5.88. The average Bonchev–Trinajstić information content (AvgIpc) is 2.88. The predicted molar refractivity (Wildman–Crippen MR) is 147 cm³/mol. The first-order chi connectivity index (χ1) is 16.7. The third kappa shape index (κ3) is 8.43. The van der Waals surface area contributed by atoms with Crippen LogP contribution >= 0.6 is 0 Å². The Kier molecular flexibility index (Phi) is 10.8. The fourth-order valence-corrected chi connectivity index (χ4v) is 3.96. The Bertz CT molecular complexity index is 1000. The molecule has 1 aromatic heterocycles. The maximum atomic E-state index is 5.88. The van der Waals surface area contributed by atoms with Crippen LogP contribution in [0, 0.1) is 0 Å². The molecule has 0 saturated carbocycles. The van der Waals surface area contributed by atoms with Gasteiger partial charge in [0.1, 0.15) is 0 Å². The van der Waals surface area contributed by atoms with E-state index < -0.39 is 0 Å². The van der Waals surface area contributed by atoms with Crippen molar-refractivity contribution in [3.63, 3.8) is 0 Å². The lowest BCUT2D eigenvalue weighted by molar-refractivity contribution is 0.0566. The van der Waals surface area contributed by atoms with Crippen LogP contribution in [0.4, 0.5) is 0 Å². The number of benzene rings is 2. The van der Waals surface area contributed by atoms with E-state index in [-0.39, 0.29) is 0 Å². The van der Waals surface area contributed by atoms with Gasteiger partial charge >= 0.3 is 0 Å². The minimum atomic E-state index is 0.362. The molecule has 1 unspecified atom stereocenters. The van der Waals surface area contributed by atoms with Crippen molar-refractivity contribution in [1.29, 1.82) is 0 Å². The van der Waals surface area contributed by atoms with Crippen LogP contribution in [-0.4, -0.2) is 17.7 Å². The summed E-state index contributed by atoms with van der Waals surface area (Å²) in [5.74, 6) is 0. The van der Waals surface area contributed by atoms with Gasteiger partial charge in [-0.15, -0.1) is 6.58 Å². The SMILES string of the molecule is C=CCc1ccc(-c2ccc(-c3ccc(/C=C/CCCC(C)OCCCCC)cc3)cn2)cc1. The summed E-state index contributed by atoms with van der Waals surface area (Å²) in [7, 11) is 0. The molecular formula is C32H39NO. The van der Waals surface area contributed by atoms with Crippen LogP contribution in [-0.2, 0) is 11.2 Å². The second-order valence-electron chi connectivity index (χ2n) is 8.97. The molecule has 3 rings (SSSR count). The molecule has 1 heterocycles. The molecule has 0 aliphatic rings. The number of unbranched alkanes of at least 4 members (excludes halogenated alkanes) is 3. The first-order valence-corrected chi connectivity index (χ1v) is 12.7. The van der Waals surface area contributed by atoms with E-state index in [9.17, 15) is 0 Å². The van der Waals surface area contributed by atoms with Crippen molar-refractivity contribution in [3.8, 4) is 22.4 Å². The van der Waals surface area contributed by atoms with Gasteiger partial charge in [-0.2, -0.15) is 0 Å². The second-order valence-corrected chi connectivity index (χ2v) is 8.97. The summed E-state index contributed by atoms with van der Waals surface area (Å²) in [5.41, 5.74) is 6.95. The lowest BCUT2D eigenvalue weighted by atomic mass is 10.0. The van der Waals surface area contributed by atoms with Gasteiger partial charge < -0.3 is 4.74 Å². The zero-order chi connectivity index (χ0) is 24.0. The van der Waals surface area contributed by atoms with E-state index in [4.69, 9.17) is 9.72 Å². The molecule has 2 nitrogen and oxygen atoms in total. The van der Waals surface area contributed by atoms with Crippen LogP contribution in [0.2, 0.25) is 0 Å². The lowest BCUT2D eigenvalue weighted by Crippen LogP contribution is -2.08. The summed E-state index contributed by atoms with van der Waals surface area (Å²) in [5, 5.41) is 0. The predicted octanol–water partition coefficient (Wildman–Crippen LogP) is 8.92. The van der Waals surface area contributed by atoms with Crippen molar-refractivity contribution in [2.75, 3.05) is 6.61 Å². The van der Waals surface area contributed by atoms with Crippen molar-refractivity contribution in [3.05, 3.63) is 96.7 Å². The number of pyridine rings is 1. The Morgan fingerprint density at radius 2 is 1.62 bits per heavy atom. The molecule has 3 aromatic rings. The largest absolute Gasteiger partial charge is 0.379 e. The Labute approximate surface area is 206 Å². The summed E-state index contributed by atoms with van der Waals surface area (Å²) in [6, 6.07) is 21.5. The Morgan fingerprint density at radius 1 is 0.882 bits per heavy atom. The molecule has 0 amide bonds. The fourth-order valence-electron chi connectivity index (χ4n) is 3.96. The van der Waals surface area contributed by atoms with Crippen LogP contribution in [0.25, 0.3) is 28.5 Å². The van der Waals surface area contributed by atoms with Crippen molar-refractivity contribution >= 4 is 6.08 Å². The van der Waals surface area contributed by atoms with Crippen LogP contribution in [0.15, 0.2) is 85.6 Å². The minimum absolute atomic E-state index is 0.362. The van der Waals surface area contributed by atoms with Gasteiger partial charge in [0.2, 0.25) is 0 Å². The van der Waals surface area contributed by atoms with Gasteiger partial charge in [-0.3, -0.25) is 4.98 Å². The maximum absolute atomic E-state index is 5.88. The normalized spacial score (nSPS) is 12.2. The highest BCUT2D eigenvalue weighted by Crippen LogP contribution is 2.24. The van der Waals surface area contributed by atoms with Crippen LogP contribution in [0.5, 0.6) is 0 Å². The van der Waals surface area contributed by atoms with Gasteiger partial charge in [0, 0.05) is 23.9 Å². The van der Waals surface area contributed by atoms with Gasteiger partial charge in [0.15, 0.2) is 0 Å². The van der Waals surface area contributed by atoms with Crippen molar-refractivity contribution in [2.24, 2.45) is 0 Å². The highest BCUT2D eigenvalue weighted by molar-refractivity contribution is 5.68. The number of hydrogen-bond acceptors (Lipinski definition) is 2. The molecule has 0 fully saturated rings. The maximum Gasteiger partial charge on any atom is 0.0702 e. The number of nitrogens with zero attached hydrogens (tertiary/aromatic N) is 1. The molecule has 2 heteroatoms. The molecule has 0 spiro atoms. The van der Waals surface area contributed by atoms with Gasteiger partial charge in [-0.05, 0) is 61.8 Å². The summed E-state index contributed by atoms with van der Waals surface area (Å²) in [6.45, 7) is 9.12. The topological polar surface area (TPSA) is 22.1 Å². The summed E-state index contributed by atoms with van der Waals surface area (Å²) in [6.07, 6.45) is 16.7. The number of rotatable bonds is 14. The van der Waals surface area contributed by atoms with Crippen LogP contribution < -0.4 is 0 Å². The number of hydrogen-bond donors (Lipinski definition) is 0. The van der Waals surface area contributed by atoms with Crippen molar-refractivity contribution in [2.45, 2.75) is 64.9 Å². The van der Waals surface area contributed by atoms with E-state index in [0.717, 1.165) is 42.7 Å². The lowest BCUT2D eigenvalue weighted by Gasteiger charge is -2.12. The van der Waals surface area contributed by atoms with Crippen molar-refractivity contribution < 1.29 is 4.74 Å². The van der Waals surface area contributed by atoms with Gasteiger partial charge in [0.05, 0.1) is 11.8 Å². The second kappa shape index (κ2) is 14.3. The number of allylic oxidation sites excluding steroid dienone is 2. The molecule has 0 aliphatic heterocycles. The third-order valence-corrected chi connectivity index (χ3v) is 6.08. The number of aromatic nitrogens is 1. The smallest absolute Gasteiger partial charge is 0.0702 e. The fraction of sp³-hybridized carbons (Fsp3) is 0.344. The standard InChI is InChI=1S/C32H39NO/c1-4-6-10-24-34-26(3)12-8-7-9-13-28-14-18-29(19-15-28)31-22-23-32(33-25-31)30-20-16-27(11-5-2)17-21-30/h5,9,13-23,25-26H,2,4,6-8,10-12,24H2,1,3H3/b13-9+. The first kappa shape index (κ1) is 25.6. The molecule has 0 N–H and O–H groups in total. The quantitative estimate of drug-likeness (QED) is 0.179. The van der Waals surface area contributed by atoms with Crippen LogP contribution in [0.3, 0.4) is 0 Å². The van der Waals surface area contributed by atoms with Crippen molar-refractivity contribution in [1.82, 2.24) is 4.98 Å². The van der Waals surface area contributed by atoms with E-state index >= 15 is 0 Å². The van der Waals surface area contributed by atoms with Crippen LogP contribution in [0.1, 0.15) is 63.5 Å². The molecular weight excluding hydrogens is 414 g/mol. The first-order valence-electron chi connectivity index (χ1n) is 12.7. The van der Waals surface area contributed by atoms with Gasteiger partial charge in [-0.25, -0.2) is 0 Å². The molecule has 0 saturated heterocycles. The highest BCUT2D eigenvalue weighted by Gasteiger charge is 2.03. The van der Waals surface area contributed by atoms with E-state index in [1.165, 1.54) is 42.4 Å². The molecule has 178 valence electrons. The molecule has 0 bridgehead atoms. The van der Waals surface area contributed by atoms with Gasteiger partial charge in [0.25, 0.3) is 0 Å². The van der Waals surface area contributed by atoms with E-state index in [0.29, 0.717) is 6.10 Å². The molecule has 1 atom stereocenters. The monoisotopic (exact) mass is 453 g/mol. The summed E-state index contributed by atoms with van der Waals surface area (Å²) >= 11 is 0. The Morgan fingerprint density at radius 3 is 2.29 bits per heavy atom. The molecule has 34 heavy (non-hydrogen) atoms.